The fourth-order valence-electron chi connectivity index (χ4n) is 1.08. The maximum atomic E-state index is 11.3. The second-order valence-corrected chi connectivity index (χ2v) is 2.99. The molecule has 0 unspecified atom stereocenters. The molecule has 76 valence electrons. The molecule has 1 amide bonds. The largest absolute Gasteiger partial charge is 0.355 e. The van der Waals surface area contributed by atoms with Crippen LogP contribution in [-0.2, 0) is 11.2 Å². The number of carbonyl (C=O) groups is 1. The Morgan fingerprint density at radius 1 is 1.36 bits per heavy atom. The summed E-state index contributed by atoms with van der Waals surface area (Å²) in [7, 11) is 1.86. The molecule has 0 bridgehead atoms. The van der Waals surface area contributed by atoms with Crippen molar-refractivity contribution in [2.24, 2.45) is 0 Å². The van der Waals surface area contributed by atoms with Crippen LogP contribution in [0.3, 0.4) is 0 Å². The smallest absolute Gasteiger partial charge is 0.224 e. The van der Waals surface area contributed by atoms with Gasteiger partial charge in [0.2, 0.25) is 5.91 Å². The number of pyridine rings is 1. The Bertz CT molecular complexity index is 274. The van der Waals surface area contributed by atoms with E-state index >= 15 is 0 Å². The van der Waals surface area contributed by atoms with E-state index in [1.807, 2.05) is 19.2 Å². The second kappa shape index (κ2) is 6.10. The van der Waals surface area contributed by atoms with Crippen molar-refractivity contribution in [1.82, 2.24) is 15.6 Å². The minimum Gasteiger partial charge on any atom is -0.355 e. The van der Waals surface area contributed by atoms with E-state index < -0.39 is 0 Å². The minimum absolute atomic E-state index is 0.0476. The highest BCUT2D eigenvalue weighted by atomic mass is 16.1. The maximum absolute atomic E-state index is 11.3. The fourth-order valence-corrected chi connectivity index (χ4v) is 1.08. The quantitative estimate of drug-likeness (QED) is 0.645. The highest BCUT2D eigenvalue weighted by molar-refractivity contribution is 5.78. The molecule has 1 aromatic rings. The normalized spacial score (nSPS) is 9.79. The van der Waals surface area contributed by atoms with Crippen molar-refractivity contribution in [2.45, 2.75) is 6.42 Å². The van der Waals surface area contributed by atoms with Crippen LogP contribution in [0.2, 0.25) is 0 Å². The Labute approximate surface area is 83.7 Å². The fraction of sp³-hybridized carbons (Fsp3) is 0.400. The molecule has 2 N–H and O–H groups in total. The number of aromatic nitrogens is 1. The third-order valence-electron chi connectivity index (χ3n) is 1.81. The molecule has 14 heavy (non-hydrogen) atoms. The van der Waals surface area contributed by atoms with Crippen LogP contribution >= 0.6 is 0 Å². The Hall–Kier alpha value is -1.42. The lowest BCUT2D eigenvalue weighted by Crippen LogP contribution is -2.31. The summed E-state index contributed by atoms with van der Waals surface area (Å²) in [6.45, 7) is 1.46. The summed E-state index contributed by atoms with van der Waals surface area (Å²) in [5.41, 5.74) is 0.988. The van der Waals surface area contributed by atoms with Crippen molar-refractivity contribution in [3.8, 4) is 0 Å². The molecular formula is C10H15N3O. The molecule has 1 aromatic heterocycles. The molecule has 0 atom stereocenters. The zero-order chi connectivity index (χ0) is 10.2. The SMILES string of the molecule is CNCCNC(=O)Cc1ccncc1. The Balaban J connectivity index is 2.27. The van der Waals surface area contributed by atoms with Crippen LogP contribution in [0.5, 0.6) is 0 Å². The standard InChI is InChI=1S/C10H15N3O/c1-11-6-7-13-10(14)8-9-2-4-12-5-3-9/h2-5,11H,6-8H2,1H3,(H,13,14). The molecule has 0 spiro atoms. The van der Waals surface area contributed by atoms with Crippen LogP contribution in [0.15, 0.2) is 24.5 Å². The molecule has 0 saturated carbocycles. The van der Waals surface area contributed by atoms with Gasteiger partial charge < -0.3 is 10.6 Å². The van der Waals surface area contributed by atoms with Gasteiger partial charge in [0.15, 0.2) is 0 Å². The summed E-state index contributed by atoms with van der Waals surface area (Å²) in [5.74, 6) is 0.0476. The first kappa shape index (κ1) is 10.7. The van der Waals surface area contributed by atoms with E-state index in [0.717, 1.165) is 12.1 Å². The van der Waals surface area contributed by atoms with Gasteiger partial charge in [-0.3, -0.25) is 9.78 Å². The number of hydrogen-bond acceptors (Lipinski definition) is 3. The molecular weight excluding hydrogens is 178 g/mol. The van der Waals surface area contributed by atoms with Crippen molar-refractivity contribution >= 4 is 5.91 Å². The molecule has 4 heteroatoms. The lowest BCUT2D eigenvalue weighted by Gasteiger charge is -2.04. The van der Waals surface area contributed by atoms with E-state index in [-0.39, 0.29) is 5.91 Å². The average Bonchev–Trinajstić information content (AvgIpc) is 2.20. The molecule has 0 aromatic carbocycles. The summed E-state index contributed by atoms with van der Waals surface area (Å²) in [6.07, 6.45) is 3.80. The van der Waals surface area contributed by atoms with E-state index in [2.05, 4.69) is 15.6 Å². The monoisotopic (exact) mass is 193 g/mol. The number of hydrogen-bond donors (Lipinski definition) is 2. The Morgan fingerprint density at radius 2 is 2.07 bits per heavy atom. The van der Waals surface area contributed by atoms with Crippen LogP contribution in [0.1, 0.15) is 5.56 Å². The van der Waals surface area contributed by atoms with Gasteiger partial charge in [0.25, 0.3) is 0 Å². The first-order valence-corrected chi connectivity index (χ1v) is 4.63. The number of amides is 1. The number of nitrogens with zero attached hydrogens (tertiary/aromatic N) is 1. The van der Waals surface area contributed by atoms with Crippen molar-refractivity contribution in [3.05, 3.63) is 30.1 Å². The van der Waals surface area contributed by atoms with Gasteiger partial charge in [-0.15, -0.1) is 0 Å². The number of carbonyl (C=O) groups excluding carboxylic acids is 1. The molecule has 0 fully saturated rings. The topological polar surface area (TPSA) is 54.0 Å². The molecule has 0 radical (unpaired) electrons. The lowest BCUT2D eigenvalue weighted by atomic mass is 10.2. The average molecular weight is 193 g/mol. The van der Waals surface area contributed by atoms with E-state index in [1.165, 1.54) is 0 Å². The van der Waals surface area contributed by atoms with Crippen molar-refractivity contribution in [3.63, 3.8) is 0 Å². The van der Waals surface area contributed by atoms with Gasteiger partial charge in [0.05, 0.1) is 6.42 Å². The van der Waals surface area contributed by atoms with Gasteiger partial charge >= 0.3 is 0 Å². The Kier molecular flexibility index (Phi) is 4.64. The first-order chi connectivity index (χ1) is 6.83. The number of likely N-dealkylation sites (N-methyl/N-ethyl adjacent to an activating group) is 1. The maximum Gasteiger partial charge on any atom is 0.224 e. The summed E-state index contributed by atoms with van der Waals surface area (Å²) in [4.78, 5) is 15.2. The van der Waals surface area contributed by atoms with E-state index in [9.17, 15) is 4.79 Å². The third kappa shape index (κ3) is 4.00. The van der Waals surface area contributed by atoms with Crippen LogP contribution in [0, 0.1) is 0 Å². The van der Waals surface area contributed by atoms with Crippen molar-refractivity contribution < 1.29 is 4.79 Å². The lowest BCUT2D eigenvalue weighted by molar-refractivity contribution is -0.120. The highest BCUT2D eigenvalue weighted by Crippen LogP contribution is 1.96. The minimum atomic E-state index is 0.0476. The van der Waals surface area contributed by atoms with E-state index in [4.69, 9.17) is 0 Å². The van der Waals surface area contributed by atoms with E-state index in [0.29, 0.717) is 13.0 Å². The molecule has 1 heterocycles. The van der Waals surface area contributed by atoms with Gasteiger partial charge in [0.1, 0.15) is 0 Å². The molecule has 1 rings (SSSR count). The summed E-state index contributed by atoms with van der Waals surface area (Å²) >= 11 is 0. The van der Waals surface area contributed by atoms with Gasteiger partial charge in [-0.1, -0.05) is 0 Å². The molecule has 4 nitrogen and oxygen atoms in total. The zero-order valence-electron chi connectivity index (χ0n) is 8.29. The second-order valence-electron chi connectivity index (χ2n) is 2.99. The Morgan fingerprint density at radius 3 is 2.71 bits per heavy atom. The van der Waals surface area contributed by atoms with Crippen molar-refractivity contribution in [2.75, 3.05) is 20.1 Å². The molecule has 0 aliphatic heterocycles. The highest BCUT2D eigenvalue weighted by Gasteiger charge is 2.00. The number of nitrogens with one attached hydrogen (secondary N) is 2. The predicted molar refractivity (Wildman–Crippen MR) is 54.9 cm³/mol. The van der Waals surface area contributed by atoms with Crippen LogP contribution in [0.25, 0.3) is 0 Å². The van der Waals surface area contributed by atoms with Gasteiger partial charge in [-0.2, -0.15) is 0 Å². The molecule has 0 aliphatic carbocycles. The van der Waals surface area contributed by atoms with Gasteiger partial charge in [-0.05, 0) is 24.7 Å². The van der Waals surface area contributed by atoms with Crippen LogP contribution < -0.4 is 10.6 Å². The summed E-state index contributed by atoms with van der Waals surface area (Å²) in [5, 5.41) is 5.77. The molecule has 0 saturated heterocycles. The summed E-state index contributed by atoms with van der Waals surface area (Å²) in [6, 6.07) is 3.69. The van der Waals surface area contributed by atoms with E-state index in [1.54, 1.807) is 12.4 Å². The van der Waals surface area contributed by atoms with Gasteiger partial charge in [0, 0.05) is 25.5 Å². The molecule has 0 aliphatic rings. The predicted octanol–water partition coefficient (Wildman–Crippen LogP) is -0.0403. The third-order valence-corrected chi connectivity index (χ3v) is 1.81. The van der Waals surface area contributed by atoms with Crippen molar-refractivity contribution in [1.29, 1.82) is 0 Å². The van der Waals surface area contributed by atoms with Crippen LogP contribution in [-0.4, -0.2) is 31.0 Å². The van der Waals surface area contributed by atoms with Gasteiger partial charge in [-0.25, -0.2) is 0 Å². The zero-order valence-corrected chi connectivity index (χ0v) is 8.29. The first-order valence-electron chi connectivity index (χ1n) is 4.63. The number of rotatable bonds is 5. The summed E-state index contributed by atoms with van der Waals surface area (Å²) < 4.78 is 0. The van der Waals surface area contributed by atoms with Crippen LogP contribution in [0.4, 0.5) is 0 Å².